The number of benzene rings is 1. The van der Waals surface area contributed by atoms with Crippen LogP contribution in [0.4, 0.5) is 0 Å². The van der Waals surface area contributed by atoms with Crippen molar-refractivity contribution in [3.8, 4) is 5.75 Å². The highest BCUT2D eigenvalue weighted by Gasteiger charge is 2.17. The predicted octanol–water partition coefficient (Wildman–Crippen LogP) is 4.82. The van der Waals surface area contributed by atoms with Crippen molar-refractivity contribution in [3.05, 3.63) is 28.2 Å². The molecule has 0 spiro atoms. The summed E-state index contributed by atoms with van der Waals surface area (Å²) in [6.07, 6.45) is 7.99. The van der Waals surface area contributed by atoms with Gasteiger partial charge in [0.2, 0.25) is 0 Å². The molecule has 2 nitrogen and oxygen atoms in total. The molecular formula is C16H24BrNO. The van der Waals surface area contributed by atoms with E-state index in [-0.39, 0.29) is 6.04 Å². The zero-order chi connectivity index (χ0) is 13.7. The van der Waals surface area contributed by atoms with Crippen molar-refractivity contribution in [2.45, 2.75) is 51.5 Å². The molecule has 3 heteroatoms. The molecule has 0 radical (unpaired) electrons. The van der Waals surface area contributed by atoms with Crippen LogP contribution in [-0.4, -0.2) is 6.61 Å². The number of ether oxygens (including phenoxy) is 1. The molecule has 2 N–H and O–H groups in total. The molecule has 1 saturated carbocycles. The lowest BCUT2D eigenvalue weighted by Crippen LogP contribution is -2.12. The van der Waals surface area contributed by atoms with Crippen molar-refractivity contribution in [1.29, 1.82) is 0 Å². The Labute approximate surface area is 124 Å². The van der Waals surface area contributed by atoms with E-state index in [9.17, 15) is 0 Å². The Bertz CT molecular complexity index is 402. The van der Waals surface area contributed by atoms with Gasteiger partial charge in [0.05, 0.1) is 11.1 Å². The van der Waals surface area contributed by atoms with Crippen LogP contribution in [0.3, 0.4) is 0 Å². The summed E-state index contributed by atoms with van der Waals surface area (Å²) in [4.78, 5) is 0. The predicted molar refractivity (Wildman–Crippen MR) is 83.4 cm³/mol. The topological polar surface area (TPSA) is 35.2 Å². The summed E-state index contributed by atoms with van der Waals surface area (Å²) < 4.78 is 6.53. The first-order chi connectivity index (χ1) is 9.20. The average molecular weight is 326 g/mol. The fourth-order valence-corrected chi connectivity index (χ4v) is 3.41. The van der Waals surface area contributed by atoms with Crippen LogP contribution in [0.25, 0.3) is 0 Å². The van der Waals surface area contributed by atoms with Gasteiger partial charge in [-0.05, 0) is 59.3 Å². The van der Waals surface area contributed by atoms with E-state index in [0.29, 0.717) is 6.61 Å². The lowest BCUT2D eigenvalue weighted by atomic mass is 9.95. The lowest BCUT2D eigenvalue weighted by Gasteiger charge is -2.16. The number of hydrogen-bond donors (Lipinski definition) is 1. The summed E-state index contributed by atoms with van der Waals surface area (Å²) in [6.45, 7) is 2.68. The van der Waals surface area contributed by atoms with E-state index in [1.54, 1.807) is 0 Å². The minimum Gasteiger partial charge on any atom is -0.493 e. The molecule has 19 heavy (non-hydrogen) atoms. The second kappa shape index (κ2) is 7.30. The molecule has 1 aliphatic carbocycles. The van der Waals surface area contributed by atoms with Crippen LogP contribution in [0.2, 0.25) is 0 Å². The van der Waals surface area contributed by atoms with Crippen LogP contribution in [-0.2, 0) is 0 Å². The van der Waals surface area contributed by atoms with Crippen LogP contribution < -0.4 is 10.5 Å². The second-order valence-electron chi connectivity index (χ2n) is 5.46. The molecule has 0 saturated heterocycles. The van der Waals surface area contributed by atoms with Crippen molar-refractivity contribution in [3.63, 3.8) is 0 Å². The highest BCUT2D eigenvalue weighted by Crippen LogP contribution is 2.32. The summed E-state index contributed by atoms with van der Waals surface area (Å²) in [5, 5.41) is 0. The Morgan fingerprint density at radius 2 is 2.11 bits per heavy atom. The molecule has 0 aliphatic heterocycles. The van der Waals surface area contributed by atoms with Crippen molar-refractivity contribution < 1.29 is 4.74 Å². The fourth-order valence-electron chi connectivity index (χ4n) is 2.90. The van der Waals surface area contributed by atoms with Gasteiger partial charge in [-0.2, -0.15) is 0 Å². The summed E-state index contributed by atoms with van der Waals surface area (Å²) in [5.41, 5.74) is 7.51. The Hall–Kier alpha value is -0.540. The molecular weight excluding hydrogens is 302 g/mol. The first-order valence-electron chi connectivity index (χ1n) is 7.38. The van der Waals surface area contributed by atoms with Crippen LogP contribution >= 0.6 is 15.9 Å². The first-order valence-corrected chi connectivity index (χ1v) is 8.17. The monoisotopic (exact) mass is 325 g/mol. The molecule has 106 valence electrons. The Kier molecular flexibility index (Phi) is 5.71. The zero-order valence-electron chi connectivity index (χ0n) is 11.7. The molecule has 1 fully saturated rings. The molecule has 1 aromatic rings. The number of hydrogen-bond acceptors (Lipinski definition) is 2. The standard InChI is InChI=1S/C16H24BrNO/c1-2-19-16-10-8-13(11-14(16)17)15(18)9-7-12-5-3-4-6-12/h8,10-12,15H,2-7,9,18H2,1H3. The van der Waals surface area contributed by atoms with Gasteiger partial charge in [-0.25, -0.2) is 0 Å². The number of halogens is 1. The van der Waals surface area contributed by atoms with Gasteiger partial charge in [-0.3, -0.25) is 0 Å². The van der Waals surface area contributed by atoms with Gasteiger partial charge in [0.25, 0.3) is 0 Å². The minimum atomic E-state index is 0.146. The second-order valence-corrected chi connectivity index (χ2v) is 6.31. The highest BCUT2D eigenvalue weighted by atomic mass is 79.9. The summed E-state index contributed by atoms with van der Waals surface area (Å²) in [7, 11) is 0. The van der Waals surface area contributed by atoms with Crippen LogP contribution in [0.1, 0.15) is 57.1 Å². The van der Waals surface area contributed by atoms with Gasteiger partial charge in [-0.15, -0.1) is 0 Å². The van der Waals surface area contributed by atoms with Gasteiger partial charge in [0, 0.05) is 6.04 Å². The largest absolute Gasteiger partial charge is 0.493 e. The van der Waals surface area contributed by atoms with E-state index in [4.69, 9.17) is 10.5 Å². The normalized spacial score (nSPS) is 17.6. The van der Waals surface area contributed by atoms with Crippen LogP contribution in [0.5, 0.6) is 5.75 Å². The average Bonchev–Trinajstić information content (AvgIpc) is 2.91. The van der Waals surface area contributed by atoms with Crippen LogP contribution in [0, 0.1) is 5.92 Å². The van der Waals surface area contributed by atoms with E-state index in [1.165, 1.54) is 37.7 Å². The number of nitrogens with two attached hydrogens (primary N) is 1. The molecule has 0 heterocycles. The minimum absolute atomic E-state index is 0.146. The molecule has 0 amide bonds. The van der Waals surface area contributed by atoms with Crippen molar-refractivity contribution >= 4 is 15.9 Å². The fraction of sp³-hybridized carbons (Fsp3) is 0.625. The third kappa shape index (κ3) is 4.22. The van der Waals surface area contributed by atoms with Crippen molar-refractivity contribution in [2.24, 2.45) is 11.7 Å². The lowest BCUT2D eigenvalue weighted by molar-refractivity contribution is 0.338. The van der Waals surface area contributed by atoms with E-state index in [2.05, 4.69) is 28.1 Å². The van der Waals surface area contributed by atoms with E-state index in [1.807, 2.05) is 13.0 Å². The van der Waals surface area contributed by atoms with Crippen molar-refractivity contribution in [1.82, 2.24) is 0 Å². The molecule has 1 aromatic carbocycles. The third-order valence-electron chi connectivity index (χ3n) is 4.04. The van der Waals surface area contributed by atoms with E-state index >= 15 is 0 Å². The molecule has 1 aliphatic rings. The maximum atomic E-state index is 6.30. The van der Waals surface area contributed by atoms with Crippen LogP contribution in [0.15, 0.2) is 22.7 Å². The third-order valence-corrected chi connectivity index (χ3v) is 4.66. The van der Waals surface area contributed by atoms with Gasteiger partial charge in [0.15, 0.2) is 0 Å². The van der Waals surface area contributed by atoms with Gasteiger partial charge in [-0.1, -0.05) is 31.7 Å². The molecule has 1 unspecified atom stereocenters. The Morgan fingerprint density at radius 1 is 1.37 bits per heavy atom. The van der Waals surface area contributed by atoms with Crippen molar-refractivity contribution in [2.75, 3.05) is 6.61 Å². The Balaban J connectivity index is 1.90. The molecule has 1 atom stereocenters. The van der Waals surface area contributed by atoms with Gasteiger partial charge < -0.3 is 10.5 Å². The zero-order valence-corrected chi connectivity index (χ0v) is 13.3. The molecule has 2 rings (SSSR count). The Morgan fingerprint density at radius 3 is 2.74 bits per heavy atom. The van der Waals surface area contributed by atoms with Gasteiger partial charge in [0.1, 0.15) is 5.75 Å². The smallest absolute Gasteiger partial charge is 0.133 e. The maximum Gasteiger partial charge on any atom is 0.133 e. The molecule has 0 bridgehead atoms. The summed E-state index contributed by atoms with van der Waals surface area (Å²) in [5.74, 6) is 1.81. The summed E-state index contributed by atoms with van der Waals surface area (Å²) in [6, 6.07) is 6.35. The quantitative estimate of drug-likeness (QED) is 0.813. The maximum absolute atomic E-state index is 6.30. The number of rotatable bonds is 6. The van der Waals surface area contributed by atoms with E-state index < -0.39 is 0 Å². The highest BCUT2D eigenvalue weighted by molar-refractivity contribution is 9.10. The molecule has 0 aromatic heterocycles. The van der Waals surface area contributed by atoms with Gasteiger partial charge >= 0.3 is 0 Å². The SMILES string of the molecule is CCOc1ccc(C(N)CCC2CCCC2)cc1Br. The summed E-state index contributed by atoms with van der Waals surface area (Å²) >= 11 is 3.55. The van der Waals surface area contributed by atoms with E-state index in [0.717, 1.165) is 22.6 Å². The first kappa shape index (κ1) is 14.9.